The van der Waals surface area contributed by atoms with Crippen molar-refractivity contribution < 1.29 is 0 Å². The van der Waals surface area contributed by atoms with Crippen LogP contribution in [-0.4, -0.2) is 20.7 Å². The molecule has 0 amide bonds. The largest absolute Gasteiger partial charge is 0.339 e. The van der Waals surface area contributed by atoms with Gasteiger partial charge in [0, 0.05) is 6.20 Å². The Kier molecular flexibility index (Phi) is 2.21. The Morgan fingerprint density at radius 2 is 2.38 bits per heavy atom. The van der Waals surface area contributed by atoms with Crippen LogP contribution in [0, 0.1) is 6.92 Å². The molecule has 0 aliphatic carbocycles. The molecule has 3 nitrogen and oxygen atoms in total. The second-order valence-electron chi connectivity index (χ2n) is 4.59. The minimum Gasteiger partial charge on any atom is -0.339 e. The normalized spacial score (nSPS) is 25.4. The molecule has 16 heavy (non-hydrogen) atoms. The number of hydrogen-bond donors (Lipinski definition) is 1. The fourth-order valence-corrected chi connectivity index (χ4v) is 3.51. The van der Waals surface area contributed by atoms with E-state index >= 15 is 0 Å². The third-order valence-corrected chi connectivity index (χ3v) is 4.85. The molecule has 84 valence electrons. The van der Waals surface area contributed by atoms with Crippen LogP contribution in [0.25, 0.3) is 11.2 Å². The van der Waals surface area contributed by atoms with Gasteiger partial charge >= 0.3 is 0 Å². The second-order valence-corrected chi connectivity index (χ2v) is 6.19. The summed E-state index contributed by atoms with van der Waals surface area (Å²) in [6.07, 6.45) is 4.31. The van der Waals surface area contributed by atoms with Crippen molar-refractivity contribution >= 4 is 22.9 Å². The highest BCUT2D eigenvalue weighted by Gasteiger charge is 2.34. The fourth-order valence-electron chi connectivity index (χ4n) is 2.25. The number of H-pyrrole nitrogens is 1. The van der Waals surface area contributed by atoms with Gasteiger partial charge in [0.1, 0.15) is 5.82 Å². The minimum absolute atomic E-state index is 0.160. The third kappa shape index (κ3) is 1.44. The summed E-state index contributed by atoms with van der Waals surface area (Å²) >= 11 is 2.00. The molecule has 2 aromatic heterocycles. The van der Waals surface area contributed by atoms with Gasteiger partial charge in [-0.15, -0.1) is 11.8 Å². The lowest BCUT2D eigenvalue weighted by Gasteiger charge is -2.18. The van der Waals surface area contributed by atoms with Crippen molar-refractivity contribution in [2.45, 2.75) is 31.4 Å². The molecule has 1 atom stereocenters. The predicted octanol–water partition coefficient (Wildman–Crippen LogP) is 3.01. The second kappa shape index (κ2) is 3.48. The maximum atomic E-state index is 4.64. The van der Waals surface area contributed by atoms with Gasteiger partial charge in [-0.2, -0.15) is 0 Å². The Morgan fingerprint density at radius 1 is 1.50 bits per heavy atom. The number of aromatic nitrogens is 3. The number of aromatic amines is 1. The van der Waals surface area contributed by atoms with E-state index in [1.54, 1.807) is 0 Å². The van der Waals surface area contributed by atoms with E-state index in [9.17, 15) is 0 Å². The van der Waals surface area contributed by atoms with E-state index in [0.717, 1.165) is 17.0 Å². The number of pyridine rings is 1. The molecule has 4 heteroatoms. The summed E-state index contributed by atoms with van der Waals surface area (Å²) in [7, 11) is 0. The molecule has 1 saturated heterocycles. The molecule has 0 radical (unpaired) electrons. The summed E-state index contributed by atoms with van der Waals surface area (Å²) in [5, 5.41) is 0. The topological polar surface area (TPSA) is 41.6 Å². The summed E-state index contributed by atoms with van der Waals surface area (Å²) < 4.78 is 0.160. The van der Waals surface area contributed by atoms with Crippen LogP contribution in [-0.2, 0) is 4.75 Å². The lowest BCUT2D eigenvalue weighted by Crippen LogP contribution is -2.14. The molecular formula is C12H15N3S. The van der Waals surface area contributed by atoms with Crippen molar-refractivity contribution in [1.82, 2.24) is 15.0 Å². The number of nitrogens with zero attached hydrogens (tertiary/aromatic N) is 2. The number of imidazole rings is 1. The molecular weight excluding hydrogens is 218 g/mol. The Morgan fingerprint density at radius 3 is 3.06 bits per heavy atom. The molecule has 1 N–H and O–H groups in total. The first kappa shape index (κ1) is 10.1. The maximum Gasteiger partial charge on any atom is 0.178 e. The fraction of sp³-hybridized carbons (Fsp3) is 0.500. The number of rotatable bonds is 1. The first-order chi connectivity index (χ1) is 7.69. The van der Waals surface area contributed by atoms with Crippen molar-refractivity contribution in [3.05, 3.63) is 23.7 Å². The molecule has 1 aliphatic rings. The number of thioether (sulfide) groups is 1. The van der Waals surface area contributed by atoms with E-state index in [2.05, 4.69) is 28.8 Å². The van der Waals surface area contributed by atoms with Crippen LogP contribution in [0.15, 0.2) is 12.3 Å². The number of nitrogens with one attached hydrogen (secondary N) is 1. The number of hydrogen-bond acceptors (Lipinski definition) is 3. The van der Waals surface area contributed by atoms with E-state index < -0.39 is 0 Å². The van der Waals surface area contributed by atoms with E-state index in [0.29, 0.717) is 0 Å². The minimum atomic E-state index is 0.160. The van der Waals surface area contributed by atoms with Gasteiger partial charge in [0.05, 0.1) is 10.3 Å². The zero-order valence-electron chi connectivity index (χ0n) is 9.58. The quantitative estimate of drug-likeness (QED) is 0.823. The molecule has 0 bridgehead atoms. The first-order valence-electron chi connectivity index (χ1n) is 5.65. The Hall–Kier alpha value is -1.03. The van der Waals surface area contributed by atoms with Crippen LogP contribution < -0.4 is 0 Å². The van der Waals surface area contributed by atoms with Gasteiger partial charge in [-0.3, -0.25) is 0 Å². The Bertz CT molecular complexity index is 526. The average Bonchev–Trinajstić information content (AvgIpc) is 2.85. The van der Waals surface area contributed by atoms with Gasteiger partial charge in [0.15, 0.2) is 5.65 Å². The standard InChI is InChI=1S/C12H15N3S/c1-8-4-6-13-10-9(8)14-11(15-10)12(2)5-3-7-16-12/h4,6H,3,5,7H2,1-2H3,(H,13,14,15). The van der Waals surface area contributed by atoms with Crippen LogP contribution in [0.1, 0.15) is 31.2 Å². The Balaban J connectivity index is 2.15. The van der Waals surface area contributed by atoms with E-state index in [1.807, 2.05) is 24.0 Å². The van der Waals surface area contributed by atoms with Crippen molar-refractivity contribution in [2.24, 2.45) is 0 Å². The van der Waals surface area contributed by atoms with Crippen LogP contribution in [0.2, 0.25) is 0 Å². The van der Waals surface area contributed by atoms with E-state index in [4.69, 9.17) is 0 Å². The monoisotopic (exact) mass is 233 g/mol. The van der Waals surface area contributed by atoms with Crippen molar-refractivity contribution in [2.75, 3.05) is 5.75 Å². The molecule has 1 unspecified atom stereocenters. The highest BCUT2D eigenvalue weighted by molar-refractivity contribution is 8.00. The van der Waals surface area contributed by atoms with Crippen molar-refractivity contribution in [3.8, 4) is 0 Å². The Labute approximate surface area is 99.1 Å². The molecule has 3 heterocycles. The highest BCUT2D eigenvalue weighted by Crippen LogP contribution is 2.45. The van der Waals surface area contributed by atoms with Gasteiger partial charge in [-0.25, -0.2) is 9.97 Å². The molecule has 1 fully saturated rings. The predicted molar refractivity (Wildman–Crippen MR) is 67.7 cm³/mol. The molecule has 1 aliphatic heterocycles. The van der Waals surface area contributed by atoms with Gasteiger partial charge in [-0.1, -0.05) is 0 Å². The summed E-state index contributed by atoms with van der Waals surface area (Å²) in [5.41, 5.74) is 3.16. The summed E-state index contributed by atoms with van der Waals surface area (Å²) in [6.45, 7) is 4.37. The van der Waals surface area contributed by atoms with Gasteiger partial charge in [0.25, 0.3) is 0 Å². The van der Waals surface area contributed by atoms with E-state index in [-0.39, 0.29) is 4.75 Å². The van der Waals surface area contributed by atoms with Gasteiger partial charge in [0.2, 0.25) is 0 Å². The van der Waals surface area contributed by atoms with E-state index in [1.165, 1.54) is 24.2 Å². The molecule has 0 saturated carbocycles. The average molecular weight is 233 g/mol. The third-order valence-electron chi connectivity index (χ3n) is 3.32. The summed E-state index contributed by atoms with van der Waals surface area (Å²) in [4.78, 5) is 12.4. The first-order valence-corrected chi connectivity index (χ1v) is 6.63. The number of aryl methyl sites for hydroxylation is 1. The summed E-state index contributed by atoms with van der Waals surface area (Å²) in [6, 6.07) is 2.02. The zero-order valence-corrected chi connectivity index (χ0v) is 10.4. The SMILES string of the molecule is Cc1ccnc2nc(C3(C)CCCS3)[nH]c12. The van der Waals surface area contributed by atoms with Crippen LogP contribution >= 0.6 is 11.8 Å². The van der Waals surface area contributed by atoms with Crippen LogP contribution in [0.4, 0.5) is 0 Å². The lowest BCUT2D eigenvalue weighted by molar-refractivity contribution is 0.614. The molecule has 2 aromatic rings. The summed E-state index contributed by atoms with van der Waals surface area (Å²) in [5.74, 6) is 2.33. The highest BCUT2D eigenvalue weighted by atomic mass is 32.2. The van der Waals surface area contributed by atoms with Crippen molar-refractivity contribution in [1.29, 1.82) is 0 Å². The van der Waals surface area contributed by atoms with Crippen LogP contribution in [0.5, 0.6) is 0 Å². The lowest BCUT2D eigenvalue weighted by atomic mass is 10.1. The zero-order chi connectivity index (χ0) is 11.2. The maximum absolute atomic E-state index is 4.64. The van der Waals surface area contributed by atoms with Crippen LogP contribution in [0.3, 0.4) is 0 Å². The van der Waals surface area contributed by atoms with Crippen molar-refractivity contribution in [3.63, 3.8) is 0 Å². The molecule has 0 spiro atoms. The van der Waals surface area contributed by atoms with Gasteiger partial charge < -0.3 is 4.98 Å². The molecule has 0 aromatic carbocycles. The van der Waals surface area contributed by atoms with Gasteiger partial charge in [-0.05, 0) is 44.1 Å². The smallest absolute Gasteiger partial charge is 0.178 e. The molecule has 3 rings (SSSR count). The number of fused-ring (bicyclic) bond motifs is 1.